The van der Waals surface area contributed by atoms with Crippen LogP contribution in [-0.4, -0.2) is 35.9 Å². The zero-order chi connectivity index (χ0) is 30.3. The molecule has 5 rings (SSSR count). The number of allylic oxidation sites excluding steroid dienone is 4. The van der Waals surface area contributed by atoms with Gasteiger partial charge in [-0.15, -0.1) is 10.2 Å². The number of halogens is 6. The third-order valence-corrected chi connectivity index (χ3v) is 9.40. The van der Waals surface area contributed by atoms with Gasteiger partial charge in [0.1, 0.15) is 5.82 Å². The van der Waals surface area contributed by atoms with Crippen molar-refractivity contribution in [1.82, 2.24) is 24.2 Å². The number of rotatable bonds is 10. The Kier molecular flexibility index (Phi) is 8.33. The van der Waals surface area contributed by atoms with Crippen molar-refractivity contribution in [2.24, 2.45) is 12.5 Å². The van der Waals surface area contributed by atoms with Gasteiger partial charge in [0.2, 0.25) is 0 Å². The van der Waals surface area contributed by atoms with Gasteiger partial charge >= 0.3 is 12.4 Å². The van der Waals surface area contributed by atoms with Crippen molar-refractivity contribution in [1.29, 1.82) is 0 Å². The van der Waals surface area contributed by atoms with E-state index in [1.54, 1.807) is 11.6 Å². The van der Waals surface area contributed by atoms with E-state index in [9.17, 15) is 34.8 Å². The Labute approximate surface area is 234 Å². The van der Waals surface area contributed by atoms with Gasteiger partial charge < -0.3 is 4.57 Å². The molecule has 0 unspecified atom stereocenters. The second-order valence-electron chi connectivity index (χ2n) is 10.8. The number of hydrogen-bond acceptors (Lipinski definition) is 4. The Morgan fingerprint density at radius 2 is 1.63 bits per heavy atom. The first-order valence-electron chi connectivity index (χ1n) is 12.9. The molecule has 1 aromatic carbocycles. The number of fused-ring (bicyclic) bond motifs is 3. The number of nitrogens with zero attached hydrogens (tertiary/aromatic N) is 3. The molecule has 14 heteroatoms. The van der Waals surface area contributed by atoms with Gasteiger partial charge in [0, 0.05) is 31.1 Å². The molecule has 2 aromatic rings. The first kappa shape index (κ1) is 31.0. The molecular weight excluding hydrogens is 572 g/mol. The second-order valence-corrected chi connectivity index (χ2v) is 12.4. The fourth-order valence-corrected chi connectivity index (χ4v) is 6.84. The highest BCUT2D eigenvalue weighted by atomic mass is 32.2. The average Bonchev–Trinajstić information content (AvgIpc) is 3.31. The maximum atomic E-state index is 13.4. The minimum Gasteiger partial charge on any atom is -0.314 e. The summed E-state index contributed by atoms with van der Waals surface area (Å²) in [6.45, 7) is 6.28. The lowest BCUT2D eigenvalue weighted by molar-refractivity contribution is -0.138. The average molecular weight is 604 g/mol. The lowest BCUT2D eigenvalue weighted by atomic mass is 9.53. The molecule has 224 valence electrons. The molecule has 1 heterocycles. The van der Waals surface area contributed by atoms with Gasteiger partial charge in [-0.25, -0.2) is 4.72 Å². The van der Waals surface area contributed by atoms with Crippen molar-refractivity contribution < 1.29 is 34.8 Å². The smallest absolute Gasteiger partial charge is 0.314 e. The molecule has 7 nitrogen and oxygen atoms in total. The fraction of sp³-hybridized carbons (Fsp3) is 0.481. The summed E-state index contributed by atoms with van der Waals surface area (Å²) in [4.78, 5) is 0. The summed E-state index contributed by atoms with van der Waals surface area (Å²) >= 11 is 0. The minimum atomic E-state index is -4.65. The third kappa shape index (κ3) is 6.44. The maximum Gasteiger partial charge on any atom is 0.416 e. The van der Waals surface area contributed by atoms with Crippen molar-refractivity contribution in [3.63, 3.8) is 0 Å². The van der Waals surface area contributed by atoms with Gasteiger partial charge in [0.25, 0.3) is 10.2 Å². The van der Waals surface area contributed by atoms with Crippen LogP contribution in [0, 0.1) is 5.41 Å². The number of benzene rings is 1. The molecule has 2 bridgehead atoms. The molecule has 0 atom stereocenters. The van der Waals surface area contributed by atoms with Crippen LogP contribution in [0.5, 0.6) is 0 Å². The summed E-state index contributed by atoms with van der Waals surface area (Å²) in [5.41, 5.74) is -3.12. The molecule has 41 heavy (non-hydrogen) atoms. The standard InChI is InChI=1S/C27H31F6N5O2S/c1-4-7-20(18(2)26(28,29)30)22-36-37-23(38(22)3)25-13-10-24(11-14-25,12-15-25)17-35-41(39,40)34-16-19-8-5-6-9-21(19)27(31,32)33/h4-9,34-35H,1-2,10-17H2,3H3/b20-7+. The van der Waals surface area contributed by atoms with Crippen LogP contribution in [-0.2, 0) is 35.4 Å². The number of aromatic nitrogens is 3. The summed E-state index contributed by atoms with van der Waals surface area (Å²) in [5.74, 6) is 0.598. The van der Waals surface area contributed by atoms with E-state index >= 15 is 0 Å². The quantitative estimate of drug-likeness (QED) is 0.268. The molecule has 0 amide bonds. The molecule has 0 radical (unpaired) electrons. The predicted octanol–water partition coefficient (Wildman–Crippen LogP) is 5.74. The van der Waals surface area contributed by atoms with Crippen LogP contribution in [0.1, 0.15) is 61.3 Å². The Balaban J connectivity index is 1.42. The predicted molar refractivity (Wildman–Crippen MR) is 141 cm³/mol. The molecule has 3 aliphatic rings. The number of alkyl halides is 6. The first-order chi connectivity index (χ1) is 19.0. The van der Waals surface area contributed by atoms with Gasteiger partial charge in [0.05, 0.1) is 11.1 Å². The zero-order valence-corrected chi connectivity index (χ0v) is 23.2. The van der Waals surface area contributed by atoms with E-state index in [0.29, 0.717) is 44.3 Å². The van der Waals surface area contributed by atoms with Crippen LogP contribution < -0.4 is 9.44 Å². The van der Waals surface area contributed by atoms with Crippen molar-refractivity contribution in [3.05, 3.63) is 77.9 Å². The van der Waals surface area contributed by atoms with Gasteiger partial charge in [0.15, 0.2) is 5.82 Å². The fourth-order valence-electron chi connectivity index (χ4n) is 5.89. The van der Waals surface area contributed by atoms with E-state index in [2.05, 4.69) is 32.8 Å². The van der Waals surface area contributed by atoms with Gasteiger partial charge in [-0.3, -0.25) is 0 Å². The second kappa shape index (κ2) is 11.0. The molecule has 2 N–H and O–H groups in total. The summed E-state index contributed by atoms with van der Waals surface area (Å²) in [5, 5.41) is 8.36. The van der Waals surface area contributed by atoms with E-state index < -0.39 is 45.7 Å². The van der Waals surface area contributed by atoms with Crippen LogP contribution in [0.2, 0.25) is 0 Å². The summed E-state index contributed by atoms with van der Waals surface area (Å²) < 4.78 is 112. The molecule has 0 saturated heterocycles. The van der Waals surface area contributed by atoms with Crippen LogP contribution >= 0.6 is 0 Å². The van der Waals surface area contributed by atoms with Gasteiger partial charge in [-0.1, -0.05) is 43.5 Å². The molecule has 0 aliphatic heterocycles. The molecule has 0 spiro atoms. The Hall–Kier alpha value is -2.97. The Morgan fingerprint density at radius 1 is 1.02 bits per heavy atom. The van der Waals surface area contributed by atoms with Crippen LogP contribution in [0.3, 0.4) is 0 Å². The largest absolute Gasteiger partial charge is 0.416 e. The minimum absolute atomic E-state index is 0.0324. The highest BCUT2D eigenvalue weighted by Crippen LogP contribution is 2.57. The van der Waals surface area contributed by atoms with Gasteiger partial charge in [-0.2, -0.15) is 39.5 Å². The van der Waals surface area contributed by atoms with Crippen molar-refractivity contribution in [2.45, 2.75) is 62.8 Å². The van der Waals surface area contributed by atoms with Crippen LogP contribution in [0.15, 0.2) is 55.1 Å². The molecule has 1 aromatic heterocycles. The SMILES string of the molecule is C=C/C=C(\C(=C)C(F)(F)F)c1nnc(C23CCC(CNS(=O)(=O)NCc4ccccc4C(F)(F)F)(CC2)CC3)n1C. The monoisotopic (exact) mass is 603 g/mol. The third-order valence-electron chi connectivity index (χ3n) is 8.36. The Morgan fingerprint density at radius 3 is 2.20 bits per heavy atom. The highest BCUT2D eigenvalue weighted by Gasteiger charge is 2.52. The van der Waals surface area contributed by atoms with Crippen molar-refractivity contribution in [3.8, 4) is 0 Å². The van der Waals surface area contributed by atoms with E-state index in [4.69, 9.17) is 0 Å². The van der Waals surface area contributed by atoms with E-state index in [1.807, 2.05) is 0 Å². The highest BCUT2D eigenvalue weighted by molar-refractivity contribution is 7.87. The zero-order valence-electron chi connectivity index (χ0n) is 22.4. The Bertz CT molecular complexity index is 1430. The van der Waals surface area contributed by atoms with E-state index in [1.165, 1.54) is 30.4 Å². The number of hydrogen-bond donors (Lipinski definition) is 2. The summed E-state index contributed by atoms with van der Waals surface area (Å²) in [6, 6.07) is 4.77. The molecule has 3 aliphatic carbocycles. The van der Waals surface area contributed by atoms with Crippen molar-refractivity contribution in [2.75, 3.05) is 6.54 Å². The normalized spacial score (nSPS) is 23.5. The first-order valence-corrected chi connectivity index (χ1v) is 14.4. The van der Waals surface area contributed by atoms with Gasteiger partial charge in [-0.05, 0) is 55.6 Å². The maximum absolute atomic E-state index is 13.4. The molecule has 3 fully saturated rings. The molecule has 3 saturated carbocycles. The van der Waals surface area contributed by atoms with Crippen LogP contribution in [0.4, 0.5) is 26.3 Å². The number of nitrogens with one attached hydrogen (secondary N) is 2. The lowest BCUT2D eigenvalue weighted by Gasteiger charge is -2.52. The van der Waals surface area contributed by atoms with E-state index in [-0.39, 0.29) is 28.9 Å². The summed E-state index contributed by atoms with van der Waals surface area (Å²) in [7, 11) is -2.47. The topological polar surface area (TPSA) is 88.9 Å². The lowest BCUT2D eigenvalue weighted by Crippen LogP contribution is -2.51. The molecular formula is C27H31F6N5O2S. The van der Waals surface area contributed by atoms with Crippen molar-refractivity contribution >= 4 is 15.8 Å². The summed E-state index contributed by atoms with van der Waals surface area (Å²) in [6.07, 6.45) is -3.01. The van der Waals surface area contributed by atoms with Crippen LogP contribution in [0.25, 0.3) is 5.57 Å². The van der Waals surface area contributed by atoms with E-state index in [0.717, 1.165) is 6.07 Å².